The highest BCUT2D eigenvalue weighted by molar-refractivity contribution is 7.17. The van der Waals surface area contributed by atoms with Crippen LogP contribution in [0.1, 0.15) is 83.1 Å². The second-order valence-corrected chi connectivity index (χ2v) is 13.4. The van der Waals surface area contributed by atoms with E-state index in [-0.39, 0.29) is 12.6 Å². The highest BCUT2D eigenvalue weighted by atomic mass is 32.1. The van der Waals surface area contributed by atoms with Crippen LogP contribution < -0.4 is 14.5 Å². The highest BCUT2D eigenvalue weighted by Crippen LogP contribution is 2.33. The number of aryl methyl sites for hydroxylation is 1. The summed E-state index contributed by atoms with van der Waals surface area (Å²) < 4.78 is 18.0. The number of thiophene rings is 1. The summed E-state index contributed by atoms with van der Waals surface area (Å²) in [5.41, 5.74) is 3.16. The molecule has 2 aliphatic heterocycles. The Kier molecular flexibility index (Phi) is 13.4. The minimum Gasteiger partial charge on any atom is -0.494 e. The van der Waals surface area contributed by atoms with E-state index in [1.165, 1.54) is 52.8 Å². The van der Waals surface area contributed by atoms with Gasteiger partial charge in [-0.05, 0) is 67.4 Å². The fourth-order valence-electron chi connectivity index (χ4n) is 6.39. The average Bonchev–Trinajstić information content (AvgIpc) is 3.57. The summed E-state index contributed by atoms with van der Waals surface area (Å²) in [6.45, 7) is 8.36. The molecule has 46 heavy (non-hydrogen) atoms. The molecule has 0 radical (unpaired) electrons. The molecule has 9 heteroatoms. The van der Waals surface area contributed by atoms with Crippen molar-refractivity contribution in [1.29, 1.82) is 0 Å². The number of unbranched alkanes of at least 4 members (excludes halogenated alkanes) is 8. The molecule has 3 heterocycles. The van der Waals surface area contributed by atoms with Gasteiger partial charge in [-0.2, -0.15) is 0 Å². The van der Waals surface area contributed by atoms with Gasteiger partial charge in [0.25, 0.3) is 0 Å². The SMILES string of the molecule is CCCCCCCCCCOC(=O)OCN1C(=O)CCc2ccc(OCCCCN3CCN(c4cccc5sccc45)CC3)cc21. The van der Waals surface area contributed by atoms with Crippen molar-refractivity contribution in [2.24, 2.45) is 0 Å². The Labute approximate surface area is 278 Å². The summed E-state index contributed by atoms with van der Waals surface area (Å²) in [4.78, 5) is 31.5. The van der Waals surface area contributed by atoms with Crippen molar-refractivity contribution in [1.82, 2.24) is 4.90 Å². The summed E-state index contributed by atoms with van der Waals surface area (Å²) in [5, 5.41) is 3.55. The first-order valence-corrected chi connectivity index (χ1v) is 18.3. The maximum Gasteiger partial charge on any atom is 0.510 e. The molecule has 0 aliphatic carbocycles. The molecule has 0 spiro atoms. The fourth-order valence-corrected chi connectivity index (χ4v) is 7.20. The summed E-state index contributed by atoms with van der Waals surface area (Å²) in [6, 6.07) is 14.7. The fraction of sp³-hybridized carbons (Fsp3) is 0.568. The van der Waals surface area contributed by atoms with Gasteiger partial charge in [-0.25, -0.2) is 4.79 Å². The van der Waals surface area contributed by atoms with Crippen LogP contribution in [-0.2, 0) is 20.7 Å². The Bertz CT molecular complexity index is 1390. The van der Waals surface area contributed by atoms with Gasteiger partial charge >= 0.3 is 6.16 Å². The molecule has 0 saturated carbocycles. The van der Waals surface area contributed by atoms with Crippen LogP contribution in [0.25, 0.3) is 10.1 Å². The van der Waals surface area contributed by atoms with E-state index < -0.39 is 6.16 Å². The Balaban J connectivity index is 0.977. The van der Waals surface area contributed by atoms with E-state index >= 15 is 0 Å². The summed E-state index contributed by atoms with van der Waals surface area (Å²) in [7, 11) is 0. The molecule has 5 rings (SSSR count). The van der Waals surface area contributed by atoms with E-state index in [2.05, 4.69) is 46.4 Å². The second-order valence-electron chi connectivity index (χ2n) is 12.5. The van der Waals surface area contributed by atoms with E-state index in [9.17, 15) is 9.59 Å². The Morgan fingerprint density at radius 2 is 1.59 bits per heavy atom. The lowest BCUT2D eigenvalue weighted by molar-refractivity contribution is -0.119. The lowest BCUT2D eigenvalue weighted by atomic mass is 10.0. The van der Waals surface area contributed by atoms with Crippen LogP contribution >= 0.6 is 11.3 Å². The van der Waals surface area contributed by atoms with Gasteiger partial charge in [0, 0.05) is 54.4 Å². The maximum absolute atomic E-state index is 12.7. The third kappa shape index (κ3) is 9.85. The highest BCUT2D eigenvalue weighted by Gasteiger charge is 2.26. The van der Waals surface area contributed by atoms with Crippen molar-refractivity contribution in [2.45, 2.75) is 84.0 Å². The topological polar surface area (TPSA) is 71.5 Å². The molecule has 8 nitrogen and oxygen atoms in total. The smallest absolute Gasteiger partial charge is 0.494 e. The average molecular weight is 650 g/mol. The maximum atomic E-state index is 12.7. The van der Waals surface area contributed by atoms with Crippen molar-refractivity contribution in [3.05, 3.63) is 53.4 Å². The van der Waals surface area contributed by atoms with Gasteiger partial charge in [-0.15, -0.1) is 11.3 Å². The second kappa shape index (κ2) is 18.1. The van der Waals surface area contributed by atoms with Crippen LogP contribution in [0.2, 0.25) is 0 Å². The molecule has 1 saturated heterocycles. The minimum atomic E-state index is -0.725. The molecule has 0 atom stereocenters. The van der Waals surface area contributed by atoms with E-state index in [0.29, 0.717) is 26.1 Å². The van der Waals surface area contributed by atoms with Gasteiger partial charge < -0.3 is 19.1 Å². The third-order valence-corrected chi connectivity index (χ3v) is 9.99. The number of hydrogen-bond acceptors (Lipinski definition) is 8. The van der Waals surface area contributed by atoms with Gasteiger partial charge in [0.15, 0.2) is 6.73 Å². The van der Waals surface area contributed by atoms with Gasteiger partial charge in [-0.1, -0.05) is 64.0 Å². The van der Waals surface area contributed by atoms with Crippen LogP contribution in [-0.4, -0.2) is 69.6 Å². The Morgan fingerprint density at radius 3 is 2.41 bits per heavy atom. The summed E-state index contributed by atoms with van der Waals surface area (Å²) >= 11 is 1.81. The number of amides is 1. The number of piperazine rings is 1. The molecule has 0 unspecified atom stereocenters. The predicted molar refractivity (Wildman–Crippen MR) is 187 cm³/mol. The summed E-state index contributed by atoms with van der Waals surface area (Å²) in [5.74, 6) is 0.666. The zero-order valence-corrected chi connectivity index (χ0v) is 28.4. The number of nitrogens with zero attached hydrogens (tertiary/aromatic N) is 3. The Morgan fingerprint density at radius 1 is 0.804 bits per heavy atom. The molecule has 250 valence electrons. The lowest BCUT2D eigenvalue weighted by Gasteiger charge is -2.36. The zero-order valence-electron chi connectivity index (χ0n) is 27.6. The van der Waals surface area contributed by atoms with Crippen molar-refractivity contribution < 1.29 is 23.8 Å². The number of ether oxygens (including phenoxy) is 3. The van der Waals surface area contributed by atoms with Crippen molar-refractivity contribution >= 4 is 44.9 Å². The number of fused-ring (bicyclic) bond motifs is 2. The van der Waals surface area contributed by atoms with Crippen LogP contribution in [0.4, 0.5) is 16.2 Å². The predicted octanol–water partition coefficient (Wildman–Crippen LogP) is 8.41. The molecule has 2 aromatic carbocycles. The number of hydrogen-bond donors (Lipinski definition) is 0. The van der Waals surface area contributed by atoms with Crippen LogP contribution in [0.3, 0.4) is 0 Å². The summed E-state index contributed by atoms with van der Waals surface area (Å²) in [6.07, 6.45) is 11.8. The third-order valence-electron chi connectivity index (χ3n) is 9.11. The lowest BCUT2D eigenvalue weighted by Crippen LogP contribution is -2.46. The van der Waals surface area contributed by atoms with Crippen LogP contribution in [0, 0.1) is 0 Å². The zero-order chi connectivity index (χ0) is 32.0. The number of benzene rings is 2. The molecule has 3 aromatic rings. The molecule has 1 amide bonds. The van der Waals surface area contributed by atoms with Crippen LogP contribution in [0.5, 0.6) is 5.75 Å². The quantitative estimate of drug-likeness (QED) is 0.101. The van der Waals surface area contributed by atoms with Gasteiger partial charge in [0.05, 0.1) is 18.9 Å². The van der Waals surface area contributed by atoms with Crippen LogP contribution in [0.15, 0.2) is 47.8 Å². The molecule has 1 aromatic heterocycles. The molecule has 1 fully saturated rings. The number of carbonyl (C=O) groups excluding carboxylic acids is 2. The van der Waals surface area contributed by atoms with E-state index in [1.807, 2.05) is 18.2 Å². The van der Waals surface area contributed by atoms with Crippen molar-refractivity contribution in [3.8, 4) is 5.75 Å². The number of anilines is 2. The first-order chi connectivity index (χ1) is 22.6. The van der Waals surface area contributed by atoms with Gasteiger partial charge in [0.1, 0.15) is 5.75 Å². The Hall–Kier alpha value is -3.30. The molecule has 2 aliphatic rings. The number of carbonyl (C=O) groups is 2. The largest absolute Gasteiger partial charge is 0.510 e. The normalized spacial score (nSPS) is 15.3. The van der Waals surface area contributed by atoms with E-state index in [1.54, 1.807) is 11.3 Å². The van der Waals surface area contributed by atoms with Gasteiger partial charge in [0.2, 0.25) is 5.91 Å². The minimum absolute atomic E-state index is 0.0624. The molecular weight excluding hydrogens is 598 g/mol. The van der Waals surface area contributed by atoms with Crippen molar-refractivity contribution in [3.63, 3.8) is 0 Å². The first kappa shape index (κ1) is 34.0. The molecule has 0 bridgehead atoms. The van der Waals surface area contributed by atoms with Crippen molar-refractivity contribution in [2.75, 3.05) is 62.5 Å². The van der Waals surface area contributed by atoms with E-state index in [4.69, 9.17) is 14.2 Å². The first-order valence-electron chi connectivity index (χ1n) is 17.4. The number of rotatable bonds is 18. The van der Waals surface area contributed by atoms with E-state index in [0.717, 1.165) is 81.8 Å². The molecular formula is C37H51N3O5S. The molecule has 0 N–H and O–H groups in total. The van der Waals surface area contributed by atoms with Gasteiger partial charge in [-0.3, -0.25) is 14.6 Å². The monoisotopic (exact) mass is 649 g/mol. The standard InChI is InChI=1S/C37H51N3O5S/c1-2-3-4-5-6-7-8-10-26-44-37(42)45-29-40-34-28-31(17-15-30(34)16-18-36(40)41)43-25-11-9-20-38-21-23-39(24-22-38)33-13-12-14-35-32(33)19-27-46-35/h12-15,17,19,27-28H,2-11,16,18,20-26,29H2,1H3.